The van der Waals surface area contributed by atoms with E-state index in [2.05, 4.69) is 4.90 Å². The molecule has 2 heterocycles. The van der Waals surface area contributed by atoms with Crippen LogP contribution in [0.3, 0.4) is 0 Å². The molecule has 7 nitrogen and oxygen atoms in total. The summed E-state index contributed by atoms with van der Waals surface area (Å²) >= 11 is 0. The van der Waals surface area contributed by atoms with Gasteiger partial charge >= 0.3 is 5.97 Å². The summed E-state index contributed by atoms with van der Waals surface area (Å²) in [7, 11) is 3.27. The summed E-state index contributed by atoms with van der Waals surface area (Å²) in [6.45, 7) is 8.13. The molecule has 2 aliphatic heterocycles. The maximum Gasteiger partial charge on any atom is 0.302 e. The number of fused-ring (bicyclic) bond motifs is 3. The van der Waals surface area contributed by atoms with Crippen LogP contribution in [0.15, 0.2) is 12.1 Å². The van der Waals surface area contributed by atoms with Crippen molar-refractivity contribution >= 4 is 11.9 Å². The van der Waals surface area contributed by atoms with Gasteiger partial charge in [0, 0.05) is 45.6 Å². The largest absolute Gasteiger partial charge is 0.493 e. The van der Waals surface area contributed by atoms with E-state index in [-0.39, 0.29) is 23.8 Å². The monoisotopic (exact) mass is 404 g/mol. The molecule has 160 valence electrons. The van der Waals surface area contributed by atoms with Gasteiger partial charge in [-0.3, -0.25) is 14.5 Å². The van der Waals surface area contributed by atoms with Gasteiger partial charge in [-0.1, -0.05) is 0 Å². The van der Waals surface area contributed by atoms with Crippen LogP contribution in [-0.4, -0.2) is 68.2 Å². The van der Waals surface area contributed by atoms with E-state index in [1.54, 1.807) is 14.2 Å². The second-order valence-corrected chi connectivity index (χ2v) is 7.67. The molecule has 1 aromatic rings. The molecule has 1 saturated heterocycles. The summed E-state index contributed by atoms with van der Waals surface area (Å²) in [6.07, 6.45) is 1.05. The van der Waals surface area contributed by atoms with Crippen LogP contribution in [0.1, 0.15) is 44.4 Å². The molecule has 0 aromatic heterocycles. The van der Waals surface area contributed by atoms with Crippen LogP contribution < -0.4 is 9.47 Å². The number of amides is 1. The third-order valence-corrected chi connectivity index (χ3v) is 6.16. The van der Waals surface area contributed by atoms with Gasteiger partial charge in [0.2, 0.25) is 5.91 Å². The Kier molecular flexibility index (Phi) is 6.67. The molecule has 0 N–H and O–H groups in total. The van der Waals surface area contributed by atoms with E-state index in [1.807, 2.05) is 30.9 Å². The van der Waals surface area contributed by atoms with Gasteiger partial charge in [0.15, 0.2) is 11.5 Å². The number of carbonyl (C=O) groups is 2. The fourth-order valence-corrected chi connectivity index (χ4v) is 4.68. The summed E-state index contributed by atoms with van der Waals surface area (Å²) in [5.74, 6) is 0.804. The predicted molar refractivity (Wildman–Crippen MR) is 109 cm³/mol. The number of esters is 1. The second-order valence-electron chi connectivity index (χ2n) is 7.67. The zero-order valence-corrected chi connectivity index (χ0v) is 18.1. The predicted octanol–water partition coefficient (Wildman–Crippen LogP) is 2.42. The lowest BCUT2D eigenvalue weighted by Gasteiger charge is -2.46. The Morgan fingerprint density at radius 3 is 2.38 bits per heavy atom. The molecule has 0 radical (unpaired) electrons. The molecule has 0 unspecified atom stereocenters. The number of carbonyl (C=O) groups excluding carboxylic acids is 2. The number of hydrogen-bond donors (Lipinski definition) is 0. The zero-order chi connectivity index (χ0) is 21.1. The van der Waals surface area contributed by atoms with Crippen LogP contribution in [-0.2, 0) is 20.7 Å². The van der Waals surface area contributed by atoms with Crippen molar-refractivity contribution in [3.63, 3.8) is 0 Å². The Labute approximate surface area is 172 Å². The van der Waals surface area contributed by atoms with Crippen molar-refractivity contribution in [3.8, 4) is 11.5 Å². The van der Waals surface area contributed by atoms with E-state index in [4.69, 9.17) is 14.2 Å². The normalized spacial score (nSPS) is 23.6. The third-order valence-electron chi connectivity index (χ3n) is 6.16. The SMILES string of the molecule is CCN(CC)C(=O)[C@H]1CN2CCc3cc(OC)c(OC)cc3[C@@H]2C[C@@H]1OC(C)=O. The first kappa shape index (κ1) is 21.4. The number of methoxy groups -OCH3 is 2. The van der Waals surface area contributed by atoms with E-state index >= 15 is 0 Å². The first-order valence-electron chi connectivity index (χ1n) is 10.4. The molecule has 1 fully saturated rings. The van der Waals surface area contributed by atoms with E-state index in [0.717, 1.165) is 18.7 Å². The number of hydrogen-bond acceptors (Lipinski definition) is 6. The van der Waals surface area contributed by atoms with Crippen molar-refractivity contribution in [2.45, 2.75) is 45.8 Å². The van der Waals surface area contributed by atoms with Crippen molar-refractivity contribution < 1.29 is 23.8 Å². The van der Waals surface area contributed by atoms with Crippen LogP contribution in [0.2, 0.25) is 0 Å². The number of rotatable bonds is 6. The Morgan fingerprint density at radius 1 is 1.14 bits per heavy atom. The molecule has 0 saturated carbocycles. The molecule has 0 aliphatic carbocycles. The molecule has 2 aliphatic rings. The topological polar surface area (TPSA) is 68.3 Å². The molecule has 7 heteroatoms. The van der Waals surface area contributed by atoms with E-state index in [1.165, 1.54) is 18.1 Å². The molecule has 1 amide bonds. The van der Waals surface area contributed by atoms with E-state index < -0.39 is 6.10 Å². The van der Waals surface area contributed by atoms with Crippen LogP contribution in [0.25, 0.3) is 0 Å². The van der Waals surface area contributed by atoms with E-state index in [0.29, 0.717) is 31.8 Å². The Balaban J connectivity index is 1.93. The molecule has 0 spiro atoms. The summed E-state index contributed by atoms with van der Waals surface area (Å²) in [6, 6.07) is 4.16. The maximum atomic E-state index is 13.1. The van der Waals surface area contributed by atoms with Gasteiger partial charge in [0.25, 0.3) is 0 Å². The molecular weight excluding hydrogens is 372 g/mol. The molecular formula is C22H32N2O5. The van der Waals surface area contributed by atoms with E-state index in [9.17, 15) is 9.59 Å². The average molecular weight is 405 g/mol. The van der Waals surface area contributed by atoms with Crippen LogP contribution in [0, 0.1) is 5.92 Å². The fraction of sp³-hybridized carbons (Fsp3) is 0.636. The summed E-state index contributed by atoms with van der Waals surface area (Å²) in [5.41, 5.74) is 2.39. The van der Waals surface area contributed by atoms with Gasteiger partial charge in [0.05, 0.1) is 20.1 Å². The standard InChI is InChI=1S/C22H32N2O5/c1-6-23(7-2)22(26)17-13-24-9-8-15-10-20(27-4)21(28-5)11-16(15)18(24)12-19(17)29-14(3)25/h10-11,17-19H,6-9,12-13H2,1-5H3/t17-,18-,19-/m0/s1. The third kappa shape index (κ3) is 4.20. The highest BCUT2D eigenvalue weighted by Gasteiger charge is 2.44. The second kappa shape index (κ2) is 9.03. The maximum absolute atomic E-state index is 13.1. The van der Waals surface area contributed by atoms with Crippen molar-refractivity contribution in [1.29, 1.82) is 0 Å². The summed E-state index contributed by atoms with van der Waals surface area (Å²) < 4.78 is 16.6. The van der Waals surface area contributed by atoms with Gasteiger partial charge in [0.1, 0.15) is 6.10 Å². The summed E-state index contributed by atoms with van der Waals surface area (Å²) in [5, 5.41) is 0. The van der Waals surface area contributed by atoms with Crippen molar-refractivity contribution in [2.24, 2.45) is 5.92 Å². The van der Waals surface area contributed by atoms with Gasteiger partial charge in [-0.2, -0.15) is 0 Å². The van der Waals surface area contributed by atoms with Gasteiger partial charge in [-0.05, 0) is 43.5 Å². The number of benzene rings is 1. The molecule has 0 bridgehead atoms. The van der Waals surface area contributed by atoms with Crippen LogP contribution in [0.5, 0.6) is 11.5 Å². The minimum Gasteiger partial charge on any atom is -0.493 e. The Bertz CT molecular complexity index is 762. The number of nitrogens with zero attached hydrogens (tertiary/aromatic N) is 2. The molecule has 3 rings (SSSR count). The number of ether oxygens (including phenoxy) is 3. The highest BCUT2D eigenvalue weighted by Crippen LogP contribution is 2.43. The Morgan fingerprint density at radius 2 is 1.79 bits per heavy atom. The molecule has 1 aromatic carbocycles. The van der Waals surface area contributed by atoms with Crippen molar-refractivity contribution in [3.05, 3.63) is 23.3 Å². The van der Waals surface area contributed by atoms with Gasteiger partial charge < -0.3 is 19.1 Å². The smallest absolute Gasteiger partial charge is 0.302 e. The average Bonchev–Trinajstić information content (AvgIpc) is 2.72. The Hall–Kier alpha value is -2.28. The lowest BCUT2D eigenvalue weighted by molar-refractivity contribution is -0.161. The highest BCUT2D eigenvalue weighted by atomic mass is 16.5. The zero-order valence-electron chi connectivity index (χ0n) is 18.1. The summed E-state index contributed by atoms with van der Waals surface area (Å²) in [4.78, 5) is 29.1. The van der Waals surface area contributed by atoms with Crippen molar-refractivity contribution in [1.82, 2.24) is 9.80 Å². The minimum atomic E-state index is -0.430. The highest BCUT2D eigenvalue weighted by molar-refractivity contribution is 5.80. The number of piperidine rings is 1. The lowest BCUT2D eigenvalue weighted by Crippen LogP contribution is -2.54. The lowest BCUT2D eigenvalue weighted by atomic mass is 9.81. The molecule has 3 atom stereocenters. The quantitative estimate of drug-likeness (QED) is 0.679. The van der Waals surface area contributed by atoms with Crippen molar-refractivity contribution in [2.75, 3.05) is 40.4 Å². The van der Waals surface area contributed by atoms with Crippen LogP contribution >= 0.6 is 0 Å². The first-order valence-corrected chi connectivity index (χ1v) is 10.4. The molecule has 29 heavy (non-hydrogen) atoms. The first-order chi connectivity index (χ1) is 13.9. The van der Waals surface area contributed by atoms with Gasteiger partial charge in [-0.25, -0.2) is 0 Å². The minimum absolute atomic E-state index is 0.0674. The van der Waals surface area contributed by atoms with Crippen LogP contribution in [0.4, 0.5) is 0 Å². The van der Waals surface area contributed by atoms with Gasteiger partial charge in [-0.15, -0.1) is 0 Å². The fourth-order valence-electron chi connectivity index (χ4n) is 4.68.